The zero-order chi connectivity index (χ0) is 23.6. The third-order valence-corrected chi connectivity index (χ3v) is 5.13. The highest BCUT2D eigenvalue weighted by Crippen LogP contribution is 2.21. The molecule has 0 saturated carbocycles. The molecule has 3 amide bonds. The van der Waals surface area contributed by atoms with Crippen molar-refractivity contribution in [3.8, 4) is 5.75 Å². The molecular formula is C23H18BrClN4O4. The van der Waals surface area contributed by atoms with E-state index >= 15 is 0 Å². The van der Waals surface area contributed by atoms with Gasteiger partial charge in [0.25, 0.3) is 5.91 Å². The fourth-order valence-electron chi connectivity index (χ4n) is 2.51. The molecule has 3 rings (SSSR count). The van der Waals surface area contributed by atoms with E-state index in [1.54, 1.807) is 72.8 Å². The van der Waals surface area contributed by atoms with Crippen LogP contribution in [-0.4, -0.2) is 30.5 Å². The van der Waals surface area contributed by atoms with Crippen molar-refractivity contribution in [1.29, 1.82) is 0 Å². The number of carbonyl (C=O) groups is 3. The molecule has 3 N–H and O–H groups in total. The van der Waals surface area contributed by atoms with Crippen LogP contribution in [0.2, 0.25) is 5.02 Å². The van der Waals surface area contributed by atoms with E-state index in [4.69, 9.17) is 16.3 Å². The molecule has 0 aliphatic carbocycles. The van der Waals surface area contributed by atoms with Gasteiger partial charge in [-0.15, -0.1) is 0 Å². The summed E-state index contributed by atoms with van der Waals surface area (Å²) in [5, 5.41) is 9.35. The predicted octanol–water partition coefficient (Wildman–Crippen LogP) is 4.21. The number of nitrogens with one attached hydrogen (secondary N) is 3. The van der Waals surface area contributed by atoms with E-state index in [0.717, 1.165) is 0 Å². The van der Waals surface area contributed by atoms with Crippen molar-refractivity contribution < 1.29 is 19.1 Å². The molecule has 0 aromatic heterocycles. The van der Waals surface area contributed by atoms with Crippen molar-refractivity contribution in [2.45, 2.75) is 0 Å². The van der Waals surface area contributed by atoms with Crippen LogP contribution < -0.4 is 20.8 Å². The minimum atomic E-state index is -0.911. The third-order valence-electron chi connectivity index (χ3n) is 4.11. The summed E-state index contributed by atoms with van der Waals surface area (Å²) in [6, 6.07) is 20.5. The maximum atomic E-state index is 12.0. The van der Waals surface area contributed by atoms with Gasteiger partial charge in [-0.25, -0.2) is 5.43 Å². The molecule has 168 valence electrons. The standard InChI is InChI=1S/C23H18BrClN4O4/c24-17-5-1-3-7-19(17)28-22(31)23(32)29-26-13-15-9-11-16(12-10-15)33-14-21(30)27-20-8-4-2-6-18(20)25/h1-13H,14H2,(H,27,30)(H,28,31)(H,29,32)/b26-13+. The van der Waals surface area contributed by atoms with Crippen molar-refractivity contribution in [2.24, 2.45) is 5.10 Å². The molecule has 3 aromatic carbocycles. The van der Waals surface area contributed by atoms with Gasteiger partial charge in [-0.1, -0.05) is 35.9 Å². The largest absolute Gasteiger partial charge is 0.484 e. The number of anilines is 2. The zero-order valence-corrected chi connectivity index (χ0v) is 19.4. The summed E-state index contributed by atoms with van der Waals surface area (Å²) in [6.07, 6.45) is 1.37. The van der Waals surface area contributed by atoms with Crippen LogP contribution in [0, 0.1) is 0 Å². The van der Waals surface area contributed by atoms with Gasteiger partial charge in [-0.2, -0.15) is 5.10 Å². The van der Waals surface area contributed by atoms with Gasteiger partial charge >= 0.3 is 11.8 Å². The highest BCUT2D eigenvalue weighted by Gasteiger charge is 2.14. The summed E-state index contributed by atoms with van der Waals surface area (Å²) in [6.45, 7) is -0.193. The lowest BCUT2D eigenvalue weighted by molar-refractivity contribution is -0.136. The molecule has 0 spiro atoms. The zero-order valence-electron chi connectivity index (χ0n) is 17.0. The Morgan fingerprint density at radius 2 is 1.55 bits per heavy atom. The van der Waals surface area contributed by atoms with Gasteiger partial charge in [0.1, 0.15) is 5.75 Å². The van der Waals surface area contributed by atoms with Crippen LogP contribution in [0.25, 0.3) is 0 Å². The van der Waals surface area contributed by atoms with Crippen molar-refractivity contribution in [3.05, 3.63) is 87.9 Å². The maximum absolute atomic E-state index is 12.0. The number of carbonyl (C=O) groups excluding carboxylic acids is 3. The Bertz CT molecular complexity index is 1190. The number of benzene rings is 3. The minimum Gasteiger partial charge on any atom is -0.484 e. The molecule has 8 nitrogen and oxygen atoms in total. The molecule has 0 heterocycles. The average Bonchev–Trinajstić information content (AvgIpc) is 2.81. The normalized spacial score (nSPS) is 10.5. The summed E-state index contributed by atoms with van der Waals surface area (Å²) in [5.74, 6) is -1.64. The smallest absolute Gasteiger partial charge is 0.329 e. The average molecular weight is 530 g/mol. The second-order valence-electron chi connectivity index (χ2n) is 6.52. The van der Waals surface area contributed by atoms with Crippen LogP contribution in [0.4, 0.5) is 11.4 Å². The lowest BCUT2D eigenvalue weighted by Gasteiger charge is -2.08. The van der Waals surface area contributed by atoms with Crippen LogP contribution >= 0.6 is 27.5 Å². The first kappa shape index (κ1) is 24.0. The van der Waals surface area contributed by atoms with Gasteiger partial charge in [0.2, 0.25) is 0 Å². The lowest BCUT2D eigenvalue weighted by atomic mass is 10.2. The fourth-order valence-corrected chi connectivity index (χ4v) is 3.07. The summed E-state index contributed by atoms with van der Waals surface area (Å²) in [4.78, 5) is 35.8. The van der Waals surface area contributed by atoms with Crippen molar-refractivity contribution in [1.82, 2.24) is 5.43 Å². The lowest BCUT2D eigenvalue weighted by Crippen LogP contribution is -2.32. The molecular weight excluding hydrogens is 512 g/mol. The van der Waals surface area contributed by atoms with E-state index in [2.05, 4.69) is 37.1 Å². The number of rotatable bonds is 7. The predicted molar refractivity (Wildman–Crippen MR) is 131 cm³/mol. The third kappa shape index (κ3) is 7.44. The first-order valence-corrected chi connectivity index (χ1v) is 10.8. The SMILES string of the molecule is O=C(COc1ccc(/C=N/NC(=O)C(=O)Nc2ccccc2Br)cc1)Nc1ccccc1Cl. The van der Waals surface area contributed by atoms with E-state index in [-0.39, 0.29) is 12.5 Å². The monoisotopic (exact) mass is 528 g/mol. The maximum Gasteiger partial charge on any atom is 0.329 e. The number of amides is 3. The molecule has 0 aliphatic heterocycles. The van der Waals surface area contributed by atoms with Crippen molar-refractivity contribution in [2.75, 3.05) is 17.2 Å². The summed E-state index contributed by atoms with van der Waals surface area (Å²) in [5.41, 5.74) is 3.78. The summed E-state index contributed by atoms with van der Waals surface area (Å²) in [7, 11) is 0. The molecule has 0 unspecified atom stereocenters. The number of hydrazone groups is 1. The van der Waals surface area contributed by atoms with Gasteiger partial charge < -0.3 is 15.4 Å². The van der Waals surface area contributed by atoms with Crippen molar-refractivity contribution >= 4 is 62.8 Å². The second kappa shape index (κ2) is 11.8. The Hall–Kier alpha value is -3.69. The highest BCUT2D eigenvalue weighted by atomic mass is 79.9. The van der Waals surface area contributed by atoms with E-state index < -0.39 is 11.8 Å². The van der Waals surface area contributed by atoms with E-state index in [1.807, 2.05) is 0 Å². The Labute approximate surface area is 203 Å². The van der Waals surface area contributed by atoms with Gasteiger partial charge in [0.15, 0.2) is 6.61 Å². The molecule has 0 fully saturated rings. The minimum absolute atomic E-state index is 0.193. The number of hydrogen-bond donors (Lipinski definition) is 3. The van der Waals surface area contributed by atoms with Gasteiger partial charge in [-0.05, 0) is 70.0 Å². The summed E-state index contributed by atoms with van der Waals surface area (Å²) >= 11 is 9.29. The molecule has 33 heavy (non-hydrogen) atoms. The van der Waals surface area contributed by atoms with Crippen LogP contribution in [-0.2, 0) is 14.4 Å². The molecule has 3 aromatic rings. The Balaban J connectivity index is 1.44. The first-order valence-electron chi connectivity index (χ1n) is 9.58. The van der Waals surface area contributed by atoms with Crippen LogP contribution in [0.15, 0.2) is 82.4 Å². The molecule has 0 atom stereocenters. The molecule has 10 heteroatoms. The van der Waals surface area contributed by atoms with Gasteiger partial charge in [0.05, 0.1) is 22.6 Å². The van der Waals surface area contributed by atoms with Crippen LogP contribution in [0.1, 0.15) is 5.56 Å². The molecule has 0 aliphatic rings. The van der Waals surface area contributed by atoms with E-state index in [0.29, 0.717) is 32.2 Å². The summed E-state index contributed by atoms with van der Waals surface area (Å²) < 4.78 is 6.10. The fraction of sp³-hybridized carbons (Fsp3) is 0.0435. The van der Waals surface area contributed by atoms with E-state index in [1.165, 1.54) is 6.21 Å². The van der Waals surface area contributed by atoms with Crippen molar-refractivity contribution in [3.63, 3.8) is 0 Å². The number of hydrogen-bond acceptors (Lipinski definition) is 5. The molecule has 0 radical (unpaired) electrons. The van der Waals surface area contributed by atoms with E-state index in [9.17, 15) is 14.4 Å². The number of ether oxygens (including phenoxy) is 1. The van der Waals surface area contributed by atoms with Gasteiger partial charge in [0, 0.05) is 4.47 Å². The molecule has 0 bridgehead atoms. The van der Waals surface area contributed by atoms with Crippen LogP contribution in [0.3, 0.4) is 0 Å². The Morgan fingerprint density at radius 1 is 0.879 bits per heavy atom. The number of para-hydroxylation sites is 2. The Kier molecular flexibility index (Phi) is 8.56. The number of halogens is 2. The topological polar surface area (TPSA) is 109 Å². The highest BCUT2D eigenvalue weighted by molar-refractivity contribution is 9.10. The van der Waals surface area contributed by atoms with Crippen LogP contribution in [0.5, 0.6) is 5.75 Å². The van der Waals surface area contributed by atoms with Gasteiger partial charge in [-0.3, -0.25) is 14.4 Å². The second-order valence-corrected chi connectivity index (χ2v) is 7.78. The number of nitrogens with zero attached hydrogens (tertiary/aromatic N) is 1. The Morgan fingerprint density at radius 3 is 2.24 bits per heavy atom. The quantitative estimate of drug-likeness (QED) is 0.242. The first-order chi connectivity index (χ1) is 15.9. The molecule has 0 saturated heterocycles.